The van der Waals surface area contributed by atoms with Crippen LogP contribution in [0.4, 0.5) is 0 Å². The summed E-state index contributed by atoms with van der Waals surface area (Å²) >= 11 is 1.41. The number of nitrogens with two attached hydrogens (primary N) is 1. The average molecular weight is 294 g/mol. The Morgan fingerprint density at radius 1 is 1.45 bits per heavy atom. The van der Waals surface area contributed by atoms with E-state index in [2.05, 4.69) is 45.3 Å². The van der Waals surface area contributed by atoms with E-state index in [9.17, 15) is 0 Å². The minimum atomic E-state index is 0.00501. The molecule has 1 atom stereocenters. The highest BCUT2D eigenvalue weighted by molar-refractivity contribution is 7.05. The molecule has 1 unspecified atom stereocenters. The molecule has 0 saturated carbocycles. The third kappa shape index (κ3) is 3.23. The van der Waals surface area contributed by atoms with Crippen LogP contribution in [0.2, 0.25) is 0 Å². The topological polar surface area (TPSA) is 81.7 Å². The first-order valence-electron chi connectivity index (χ1n) is 6.95. The molecule has 7 heteroatoms. The molecule has 110 valence electrons. The Balaban J connectivity index is 2.20. The summed E-state index contributed by atoms with van der Waals surface area (Å²) in [6, 6.07) is 0.00501. The Kier molecular flexibility index (Phi) is 5.22. The molecule has 0 aliphatic heterocycles. The summed E-state index contributed by atoms with van der Waals surface area (Å²) in [7, 11) is 0. The quantitative estimate of drug-likeness (QED) is 0.603. The number of hydrazine groups is 1. The van der Waals surface area contributed by atoms with Crippen molar-refractivity contribution in [2.75, 3.05) is 0 Å². The third-order valence-corrected chi connectivity index (χ3v) is 4.11. The molecule has 0 bridgehead atoms. The van der Waals surface area contributed by atoms with E-state index in [0.29, 0.717) is 5.92 Å². The van der Waals surface area contributed by atoms with Gasteiger partial charge in [-0.1, -0.05) is 25.3 Å². The van der Waals surface area contributed by atoms with Gasteiger partial charge in [-0.25, -0.2) is 4.98 Å². The van der Waals surface area contributed by atoms with Gasteiger partial charge in [0.05, 0.1) is 16.6 Å². The first-order chi connectivity index (χ1) is 9.67. The van der Waals surface area contributed by atoms with Crippen molar-refractivity contribution in [2.45, 2.75) is 52.1 Å². The van der Waals surface area contributed by atoms with E-state index in [4.69, 9.17) is 5.84 Å². The maximum absolute atomic E-state index is 5.74. The van der Waals surface area contributed by atoms with Gasteiger partial charge in [-0.2, -0.15) is 0 Å². The highest BCUT2D eigenvalue weighted by Gasteiger charge is 2.22. The fourth-order valence-electron chi connectivity index (χ4n) is 2.23. The van der Waals surface area contributed by atoms with Gasteiger partial charge in [0, 0.05) is 25.4 Å². The Morgan fingerprint density at radius 3 is 2.90 bits per heavy atom. The second-order valence-electron chi connectivity index (χ2n) is 5.14. The van der Waals surface area contributed by atoms with Gasteiger partial charge in [0.15, 0.2) is 0 Å². The molecule has 2 aromatic rings. The van der Waals surface area contributed by atoms with Crippen molar-refractivity contribution in [1.29, 1.82) is 0 Å². The lowest BCUT2D eigenvalue weighted by atomic mass is 10.0. The van der Waals surface area contributed by atoms with E-state index >= 15 is 0 Å². The van der Waals surface area contributed by atoms with Crippen molar-refractivity contribution in [3.63, 3.8) is 0 Å². The Labute approximate surface area is 123 Å². The zero-order valence-electron chi connectivity index (χ0n) is 12.2. The molecule has 0 saturated heterocycles. The first kappa shape index (κ1) is 15.1. The van der Waals surface area contributed by atoms with Gasteiger partial charge >= 0.3 is 0 Å². The maximum Gasteiger partial charge on any atom is 0.110 e. The average Bonchev–Trinajstić information content (AvgIpc) is 3.05. The van der Waals surface area contributed by atoms with Crippen LogP contribution in [0.3, 0.4) is 0 Å². The van der Waals surface area contributed by atoms with Crippen LogP contribution in [-0.2, 0) is 13.0 Å². The molecule has 0 aliphatic rings. The zero-order valence-corrected chi connectivity index (χ0v) is 13.0. The molecular weight excluding hydrogens is 272 g/mol. The van der Waals surface area contributed by atoms with E-state index in [1.165, 1.54) is 11.5 Å². The number of nitrogens with zero attached hydrogens (tertiary/aromatic N) is 4. The minimum absolute atomic E-state index is 0.00501. The van der Waals surface area contributed by atoms with Crippen molar-refractivity contribution < 1.29 is 0 Å². The number of imidazole rings is 1. The van der Waals surface area contributed by atoms with E-state index in [0.717, 1.165) is 35.8 Å². The summed E-state index contributed by atoms with van der Waals surface area (Å²) in [5.74, 6) is 7.12. The number of hydrogen-bond donors (Lipinski definition) is 2. The number of nitrogens with one attached hydrogen (secondary N) is 1. The molecule has 2 aromatic heterocycles. The lowest BCUT2D eigenvalue weighted by Gasteiger charge is -2.16. The fraction of sp³-hybridized carbons (Fsp3) is 0.615. The maximum atomic E-state index is 5.74. The molecule has 0 fully saturated rings. The SMILES string of the molecule is CCCn1ccnc1CC(NN)c1snnc1C(C)C. The number of hydrogen-bond acceptors (Lipinski definition) is 6. The normalized spacial score (nSPS) is 13.1. The smallest absolute Gasteiger partial charge is 0.110 e. The van der Waals surface area contributed by atoms with Crippen molar-refractivity contribution in [3.8, 4) is 0 Å². The van der Waals surface area contributed by atoms with E-state index in [1.807, 2.05) is 12.4 Å². The van der Waals surface area contributed by atoms with E-state index < -0.39 is 0 Å². The standard InChI is InChI=1S/C13H22N6S/c1-4-6-19-7-5-15-11(19)8-10(16-14)13-12(9(2)3)17-18-20-13/h5,7,9-10,16H,4,6,8,14H2,1-3H3. The summed E-state index contributed by atoms with van der Waals surface area (Å²) in [6.07, 6.45) is 5.68. The summed E-state index contributed by atoms with van der Waals surface area (Å²) in [4.78, 5) is 5.54. The molecular formula is C13H22N6S. The molecule has 0 aromatic carbocycles. The predicted octanol–water partition coefficient (Wildman–Crippen LogP) is 2.02. The minimum Gasteiger partial charge on any atom is -0.335 e. The Bertz CT molecular complexity index is 532. The summed E-state index contributed by atoms with van der Waals surface area (Å²) in [6.45, 7) is 7.37. The van der Waals surface area contributed by atoms with Crippen LogP contribution in [0.25, 0.3) is 0 Å². The lowest BCUT2D eigenvalue weighted by Crippen LogP contribution is -2.30. The molecule has 0 radical (unpaired) electrons. The van der Waals surface area contributed by atoms with Crippen LogP contribution < -0.4 is 11.3 Å². The van der Waals surface area contributed by atoms with E-state index in [1.54, 1.807) is 0 Å². The van der Waals surface area contributed by atoms with Crippen molar-refractivity contribution in [3.05, 3.63) is 28.8 Å². The lowest BCUT2D eigenvalue weighted by molar-refractivity contribution is 0.517. The molecule has 0 aliphatic carbocycles. The number of aromatic nitrogens is 4. The second kappa shape index (κ2) is 6.92. The number of rotatable bonds is 7. The first-order valence-corrected chi connectivity index (χ1v) is 7.73. The molecule has 3 N–H and O–H groups in total. The molecule has 0 spiro atoms. The predicted molar refractivity (Wildman–Crippen MR) is 80.3 cm³/mol. The Hall–Kier alpha value is -1.31. The van der Waals surface area contributed by atoms with Gasteiger partial charge in [-0.05, 0) is 23.9 Å². The van der Waals surface area contributed by atoms with Gasteiger partial charge in [0.25, 0.3) is 0 Å². The molecule has 2 rings (SSSR count). The molecule has 20 heavy (non-hydrogen) atoms. The van der Waals surface area contributed by atoms with Gasteiger partial charge in [0.2, 0.25) is 0 Å². The van der Waals surface area contributed by atoms with Crippen molar-refractivity contribution >= 4 is 11.5 Å². The van der Waals surface area contributed by atoms with Gasteiger partial charge in [0.1, 0.15) is 5.82 Å². The zero-order chi connectivity index (χ0) is 14.5. The van der Waals surface area contributed by atoms with Crippen LogP contribution in [0.5, 0.6) is 0 Å². The monoisotopic (exact) mass is 294 g/mol. The fourth-order valence-corrected chi connectivity index (χ4v) is 3.10. The number of aryl methyl sites for hydroxylation is 1. The van der Waals surface area contributed by atoms with E-state index in [-0.39, 0.29) is 6.04 Å². The van der Waals surface area contributed by atoms with Crippen LogP contribution >= 0.6 is 11.5 Å². The van der Waals surface area contributed by atoms with Crippen molar-refractivity contribution in [1.82, 2.24) is 24.6 Å². The van der Waals surface area contributed by atoms with Gasteiger partial charge in [-0.15, -0.1) is 5.10 Å². The molecule has 2 heterocycles. The van der Waals surface area contributed by atoms with Gasteiger partial charge in [-0.3, -0.25) is 11.3 Å². The highest BCUT2D eigenvalue weighted by Crippen LogP contribution is 2.27. The van der Waals surface area contributed by atoms with Crippen LogP contribution in [0, 0.1) is 0 Å². The highest BCUT2D eigenvalue weighted by atomic mass is 32.1. The summed E-state index contributed by atoms with van der Waals surface area (Å²) < 4.78 is 6.24. The molecule has 0 amide bonds. The van der Waals surface area contributed by atoms with Crippen LogP contribution in [0.1, 0.15) is 55.5 Å². The third-order valence-electron chi connectivity index (χ3n) is 3.26. The van der Waals surface area contributed by atoms with Crippen LogP contribution in [0.15, 0.2) is 12.4 Å². The van der Waals surface area contributed by atoms with Gasteiger partial charge < -0.3 is 4.57 Å². The Morgan fingerprint density at radius 2 is 2.25 bits per heavy atom. The largest absolute Gasteiger partial charge is 0.335 e. The van der Waals surface area contributed by atoms with Crippen molar-refractivity contribution in [2.24, 2.45) is 5.84 Å². The molecule has 6 nitrogen and oxygen atoms in total. The van der Waals surface area contributed by atoms with Crippen LogP contribution in [-0.4, -0.2) is 19.1 Å². The summed E-state index contributed by atoms with van der Waals surface area (Å²) in [5, 5.41) is 4.22. The second-order valence-corrected chi connectivity index (χ2v) is 5.92. The summed E-state index contributed by atoms with van der Waals surface area (Å²) in [5.41, 5.74) is 3.90.